The maximum absolute atomic E-state index is 12.1. The summed E-state index contributed by atoms with van der Waals surface area (Å²) in [6.45, 7) is 1.12. The Kier molecular flexibility index (Phi) is 3.71. The maximum Gasteiger partial charge on any atom is 0.237 e. The predicted molar refractivity (Wildman–Crippen MR) is 76.2 cm³/mol. The van der Waals surface area contributed by atoms with Crippen LogP contribution in [0.5, 0.6) is 0 Å². The summed E-state index contributed by atoms with van der Waals surface area (Å²) in [6, 6.07) is 7.24. The van der Waals surface area contributed by atoms with Crippen LogP contribution in [-0.4, -0.2) is 21.9 Å². The van der Waals surface area contributed by atoms with Gasteiger partial charge in [-0.05, 0) is 17.7 Å². The van der Waals surface area contributed by atoms with Gasteiger partial charge in [0.15, 0.2) is 0 Å². The van der Waals surface area contributed by atoms with Gasteiger partial charge in [-0.2, -0.15) is 0 Å². The third-order valence-electron chi connectivity index (χ3n) is 3.40. The van der Waals surface area contributed by atoms with Crippen LogP contribution in [0.2, 0.25) is 5.02 Å². The molecule has 0 bridgehead atoms. The summed E-state index contributed by atoms with van der Waals surface area (Å²) in [5.74, 6) is -0.0152. The van der Waals surface area contributed by atoms with Crippen molar-refractivity contribution in [1.29, 1.82) is 0 Å². The fourth-order valence-corrected chi connectivity index (χ4v) is 2.53. The molecule has 6 heteroatoms. The SMILES string of the molecule is O=C(NCc1cccc(Cl)c1)C1Cc2nc[nH]c2CN1. The Hall–Kier alpha value is -1.85. The van der Waals surface area contributed by atoms with E-state index in [9.17, 15) is 4.79 Å². The summed E-state index contributed by atoms with van der Waals surface area (Å²) in [4.78, 5) is 19.4. The van der Waals surface area contributed by atoms with E-state index in [1.54, 1.807) is 6.33 Å². The zero-order valence-electron chi connectivity index (χ0n) is 10.8. The zero-order valence-corrected chi connectivity index (χ0v) is 11.6. The van der Waals surface area contributed by atoms with Gasteiger partial charge >= 0.3 is 0 Å². The molecule has 0 saturated heterocycles. The number of carbonyl (C=O) groups excluding carboxylic acids is 1. The number of amides is 1. The first-order chi connectivity index (χ1) is 9.72. The van der Waals surface area contributed by atoms with E-state index in [1.165, 1.54) is 0 Å². The maximum atomic E-state index is 12.1. The van der Waals surface area contributed by atoms with Crippen molar-refractivity contribution in [3.63, 3.8) is 0 Å². The molecule has 0 radical (unpaired) electrons. The molecule has 0 fully saturated rings. The Labute approximate surface area is 121 Å². The van der Waals surface area contributed by atoms with Crippen LogP contribution in [0.3, 0.4) is 0 Å². The van der Waals surface area contributed by atoms with Gasteiger partial charge in [0.25, 0.3) is 0 Å². The molecule has 2 heterocycles. The molecule has 20 heavy (non-hydrogen) atoms. The molecule has 1 amide bonds. The molecule has 1 aromatic heterocycles. The molecule has 0 spiro atoms. The molecule has 3 rings (SSSR count). The highest BCUT2D eigenvalue weighted by molar-refractivity contribution is 6.30. The fourth-order valence-electron chi connectivity index (χ4n) is 2.31. The zero-order chi connectivity index (χ0) is 13.9. The second-order valence-corrected chi connectivity index (χ2v) is 5.25. The summed E-state index contributed by atoms with van der Waals surface area (Å²) < 4.78 is 0. The summed E-state index contributed by atoms with van der Waals surface area (Å²) in [5.41, 5.74) is 3.01. The predicted octanol–water partition coefficient (Wildman–Crippen LogP) is 1.39. The summed E-state index contributed by atoms with van der Waals surface area (Å²) >= 11 is 5.92. The largest absolute Gasteiger partial charge is 0.351 e. The molecular weight excluding hydrogens is 276 g/mol. The van der Waals surface area contributed by atoms with Crippen molar-refractivity contribution in [3.05, 3.63) is 52.6 Å². The Morgan fingerprint density at radius 1 is 1.50 bits per heavy atom. The van der Waals surface area contributed by atoms with Crippen LogP contribution in [0.4, 0.5) is 0 Å². The molecule has 2 aromatic rings. The summed E-state index contributed by atoms with van der Waals surface area (Å²) in [6.07, 6.45) is 2.28. The number of aromatic amines is 1. The normalized spacial score (nSPS) is 17.6. The highest BCUT2D eigenvalue weighted by atomic mass is 35.5. The monoisotopic (exact) mass is 290 g/mol. The van der Waals surface area contributed by atoms with E-state index >= 15 is 0 Å². The average Bonchev–Trinajstić information content (AvgIpc) is 2.92. The van der Waals surface area contributed by atoms with Crippen molar-refractivity contribution in [3.8, 4) is 0 Å². The number of aromatic nitrogens is 2. The van der Waals surface area contributed by atoms with E-state index < -0.39 is 0 Å². The van der Waals surface area contributed by atoms with Gasteiger partial charge in [0.1, 0.15) is 0 Å². The Morgan fingerprint density at radius 2 is 2.40 bits per heavy atom. The molecule has 1 aliphatic heterocycles. The minimum absolute atomic E-state index is 0.0152. The molecule has 0 aliphatic carbocycles. The van der Waals surface area contributed by atoms with Crippen molar-refractivity contribution in [2.24, 2.45) is 0 Å². The van der Waals surface area contributed by atoms with E-state index in [1.807, 2.05) is 24.3 Å². The van der Waals surface area contributed by atoms with E-state index in [4.69, 9.17) is 11.6 Å². The lowest BCUT2D eigenvalue weighted by atomic mass is 10.0. The van der Waals surface area contributed by atoms with Gasteiger partial charge in [-0.25, -0.2) is 4.98 Å². The van der Waals surface area contributed by atoms with E-state index in [0.29, 0.717) is 24.5 Å². The summed E-state index contributed by atoms with van der Waals surface area (Å²) in [7, 11) is 0. The number of nitrogens with one attached hydrogen (secondary N) is 3. The van der Waals surface area contributed by atoms with Crippen LogP contribution in [0.25, 0.3) is 0 Å². The molecule has 3 N–H and O–H groups in total. The van der Waals surface area contributed by atoms with E-state index in [-0.39, 0.29) is 11.9 Å². The van der Waals surface area contributed by atoms with E-state index in [0.717, 1.165) is 17.0 Å². The first-order valence-electron chi connectivity index (χ1n) is 6.49. The minimum Gasteiger partial charge on any atom is -0.351 e. The first kappa shape index (κ1) is 13.1. The van der Waals surface area contributed by atoms with Crippen LogP contribution >= 0.6 is 11.6 Å². The van der Waals surface area contributed by atoms with Crippen LogP contribution in [0.15, 0.2) is 30.6 Å². The number of nitrogens with zero attached hydrogens (tertiary/aromatic N) is 1. The number of imidazole rings is 1. The lowest BCUT2D eigenvalue weighted by Crippen LogP contribution is -2.47. The fraction of sp³-hybridized carbons (Fsp3) is 0.286. The van der Waals surface area contributed by atoms with Gasteiger partial charge in [-0.15, -0.1) is 0 Å². The van der Waals surface area contributed by atoms with Crippen molar-refractivity contribution < 1.29 is 4.79 Å². The van der Waals surface area contributed by atoms with Crippen molar-refractivity contribution >= 4 is 17.5 Å². The number of hydrogen-bond acceptors (Lipinski definition) is 3. The Balaban J connectivity index is 1.58. The third-order valence-corrected chi connectivity index (χ3v) is 3.64. The van der Waals surface area contributed by atoms with Gasteiger partial charge in [0.05, 0.1) is 23.8 Å². The molecule has 1 aliphatic rings. The third kappa shape index (κ3) is 2.84. The van der Waals surface area contributed by atoms with Crippen LogP contribution in [0, 0.1) is 0 Å². The van der Waals surface area contributed by atoms with Crippen LogP contribution in [0.1, 0.15) is 17.0 Å². The first-order valence-corrected chi connectivity index (χ1v) is 6.87. The molecule has 1 unspecified atom stereocenters. The standard InChI is InChI=1S/C14H15ClN4O/c15-10-3-1-2-9(4-10)6-17-14(20)12-5-11-13(7-16-12)19-8-18-11/h1-4,8,12,16H,5-7H2,(H,17,20)(H,18,19). The second kappa shape index (κ2) is 5.64. The molecule has 1 atom stereocenters. The van der Waals surface area contributed by atoms with Crippen molar-refractivity contribution in [2.75, 3.05) is 0 Å². The number of benzene rings is 1. The number of H-pyrrole nitrogens is 1. The average molecular weight is 291 g/mol. The highest BCUT2D eigenvalue weighted by Crippen LogP contribution is 2.13. The Bertz CT molecular complexity index is 625. The Morgan fingerprint density at radius 3 is 3.25 bits per heavy atom. The minimum atomic E-state index is -0.231. The number of fused-ring (bicyclic) bond motifs is 1. The lowest BCUT2D eigenvalue weighted by Gasteiger charge is -2.22. The van der Waals surface area contributed by atoms with Crippen molar-refractivity contribution in [1.82, 2.24) is 20.6 Å². The quantitative estimate of drug-likeness (QED) is 0.800. The molecule has 104 valence electrons. The molecular formula is C14H15ClN4O. The molecule has 5 nitrogen and oxygen atoms in total. The van der Waals surface area contributed by atoms with E-state index in [2.05, 4.69) is 20.6 Å². The number of halogens is 1. The highest BCUT2D eigenvalue weighted by Gasteiger charge is 2.25. The molecule has 1 aromatic carbocycles. The van der Waals surface area contributed by atoms with Crippen LogP contribution < -0.4 is 10.6 Å². The topological polar surface area (TPSA) is 69.8 Å². The molecule has 0 saturated carbocycles. The van der Waals surface area contributed by atoms with Gasteiger partial charge in [0.2, 0.25) is 5.91 Å². The second-order valence-electron chi connectivity index (χ2n) is 4.81. The number of hydrogen-bond donors (Lipinski definition) is 3. The van der Waals surface area contributed by atoms with Gasteiger partial charge in [-0.1, -0.05) is 23.7 Å². The summed E-state index contributed by atoms with van der Waals surface area (Å²) in [5, 5.41) is 6.80. The van der Waals surface area contributed by atoms with Crippen LogP contribution in [-0.2, 0) is 24.3 Å². The van der Waals surface area contributed by atoms with Gasteiger partial charge in [0, 0.05) is 24.5 Å². The number of carbonyl (C=O) groups is 1. The van der Waals surface area contributed by atoms with Crippen molar-refractivity contribution in [2.45, 2.75) is 25.6 Å². The van der Waals surface area contributed by atoms with Gasteiger partial charge < -0.3 is 10.3 Å². The lowest BCUT2D eigenvalue weighted by molar-refractivity contribution is -0.123. The smallest absolute Gasteiger partial charge is 0.237 e. The number of rotatable bonds is 3. The van der Waals surface area contributed by atoms with Gasteiger partial charge in [-0.3, -0.25) is 10.1 Å².